The molecule has 1 aromatic rings. The number of likely N-dealkylation sites (tertiary alicyclic amines) is 2. The summed E-state index contributed by atoms with van der Waals surface area (Å²) in [7, 11) is 0. The Balaban J connectivity index is 1.36. The number of carbonyl (C=O) groups is 1. The molecule has 3 fully saturated rings. The predicted octanol–water partition coefficient (Wildman–Crippen LogP) is 2.45. The Kier molecular flexibility index (Phi) is 5.02. The van der Waals surface area contributed by atoms with Crippen LogP contribution in [0.5, 0.6) is 0 Å². The van der Waals surface area contributed by atoms with E-state index in [4.69, 9.17) is 0 Å². The van der Waals surface area contributed by atoms with Crippen LogP contribution in [0.25, 0.3) is 0 Å². The molecule has 1 unspecified atom stereocenters. The van der Waals surface area contributed by atoms with E-state index in [1.807, 2.05) is 11.0 Å². The average Bonchev–Trinajstić information content (AvgIpc) is 2.91. The number of hydrogen-bond donors (Lipinski definition) is 1. The number of amides is 1. The summed E-state index contributed by atoms with van der Waals surface area (Å²) in [6, 6.07) is 7.03. The van der Waals surface area contributed by atoms with Gasteiger partial charge in [0, 0.05) is 44.7 Å². The Labute approximate surface area is 155 Å². The second kappa shape index (κ2) is 7.28. The fourth-order valence-corrected chi connectivity index (χ4v) is 5.06. The molecule has 1 spiro atoms. The van der Waals surface area contributed by atoms with Gasteiger partial charge in [-0.15, -0.1) is 0 Å². The van der Waals surface area contributed by atoms with Crippen molar-refractivity contribution in [1.29, 1.82) is 0 Å². The third-order valence-electron chi connectivity index (χ3n) is 7.01. The highest BCUT2D eigenvalue weighted by Crippen LogP contribution is 2.46. The van der Waals surface area contributed by atoms with Gasteiger partial charge in [0.1, 0.15) is 5.82 Å². The number of aliphatic hydroxyl groups is 1. The van der Waals surface area contributed by atoms with Gasteiger partial charge in [-0.1, -0.05) is 18.6 Å². The SMILES string of the molecule is O=C(Cc1cccc(F)c1)N1CCC2(CC1)CN(C1CCC1)CC2CO. The summed E-state index contributed by atoms with van der Waals surface area (Å²) >= 11 is 0. The van der Waals surface area contributed by atoms with Crippen LogP contribution >= 0.6 is 0 Å². The first-order chi connectivity index (χ1) is 12.6. The first kappa shape index (κ1) is 17.9. The summed E-state index contributed by atoms with van der Waals surface area (Å²) in [5.41, 5.74) is 0.903. The molecule has 142 valence electrons. The van der Waals surface area contributed by atoms with Crippen LogP contribution in [-0.2, 0) is 11.2 Å². The van der Waals surface area contributed by atoms with Crippen LogP contribution in [0.15, 0.2) is 24.3 Å². The maximum atomic E-state index is 13.3. The van der Waals surface area contributed by atoms with E-state index >= 15 is 0 Å². The van der Waals surface area contributed by atoms with Gasteiger partial charge in [0.15, 0.2) is 0 Å². The highest BCUT2D eigenvalue weighted by atomic mass is 19.1. The highest BCUT2D eigenvalue weighted by Gasteiger charge is 2.49. The Hall–Kier alpha value is -1.46. The molecular formula is C21H29FN2O2. The topological polar surface area (TPSA) is 43.8 Å². The molecule has 4 nitrogen and oxygen atoms in total. The molecule has 0 radical (unpaired) electrons. The van der Waals surface area contributed by atoms with E-state index in [1.54, 1.807) is 6.07 Å². The molecule has 1 N–H and O–H groups in total. The molecule has 26 heavy (non-hydrogen) atoms. The van der Waals surface area contributed by atoms with E-state index in [9.17, 15) is 14.3 Å². The van der Waals surface area contributed by atoms with Crippen molar-refractivity contribution in [2.75, 3.05) is 32.8 Å². The second-order valence-corrected chi connectivity index (χ2v) is 8.44. The van der Waals surface area contributed by atoms with Crippen LogP contribution < -0.4 is 0 Å². The first-order valence-electron chi connectivity index (χ1n) is 9.97. The van der Waals surface area contributed by atoms with Crippen molar-refractivity contribution in [2.45, 2.75) is 44.6 Å². The van der Waals surface area contributed by atoms with Gasteiger partial charge in [-0.2, -0.15) is 0 Å². The monoisotopic (exact) mass is 360 g/mol. The van der Waals surface area contributed by atoms with Crippen molar-refractivity contribution < 1.29 is 14.3 Å². The maximum absolute atomic E-state index is 13.3. The fourth-order valence-electron chi connectivity index (χ4n) is 5.06. The zero-order chi connectivity index (χ0) is 18.1. The lowest BCUT2D eigenvalue weighted by molar-refractivity contribution is -0.133. The molecule has 4 rings (SSSR count). The van der Waals surface area contributed by atoms with E-state index in [1.165, 1.54) is 31.4 Å². The van der Waals surface area contributed by atoms with E-state index in [0.717, 1.165) is 50.6 Å². The van der Waals surface area contributed by atoms with Crippen molar-refractivity contribution in [3.8, 4) is 0 Å². The number of benzene rings is 1. The zero-order valence-electron chi connectivity index (χ0n) is 15.4. The minimum Gasteiger partial charge on any atom is -0.396 e. The summed E-state index contributed by atoms with van der Waals surface area (Å²) < 4.78 is 13.3. The highest BCUT2D eigenvalue weighted by molar-refractivity contribution is 5.78. The van der Waals surface area contributed by atoms with Gasteiger partial charge < -0.3 is 10.0 Å². The molecule has 0 bridgehead atoms. The lowest BCUT2D eigenvalue weighted by Crippen LogP contribution is -2.48. The summed E-state index contributed by atoms with van der Waals surface area (Å²) in [6.07, 6.45) is 6.13. The number of aliphatic hydroxyl groups excluding tert-OH is 1. The van der Waals surface area contributed by atoms with Crippen molar-refractivity contribution in [3.63, 3.8) is 0 Å². The van der Waals surface area contributed by atoms with Gasteiger partial charge in [0.05, 0.1) is 6.42 Å². The molecular weight excluding hydrogens is 331 g/mol. The van der Waals surface area contributed by atoms with Gasteiger partial charge in [0.25, 0.3) is 0 Å². The van der Waals surface area contributed by atoms with Crippen LogP contribution in [0.4, 0.5) is 4.39 Å². The summed E-state index contributed by atoms with van der Waals surface area (Å²) in [5, 5.41) is 9.93. The second-order valence-electron chi connectivity index (χ2n) is 8.44. The third kappa shape index (κ3) is 3.39. The van der Waals surface area contributed by atoms with E-state index < -0.39 is 0 Å². The molecule has 2 heterocycles. The number of rotatable bonds is 4. The molecule has 5 heteroatoms. The third-order valence-corrected chi connectivity index (χ3v) is 7.01. The van der Waals surface area contributed by atoms with Gasteiger partial charge in [0.2, 0.25) is 5.91 Å². The smallest absolute Gasteiger partial charge is 0.226 e. The first-order valence-corrected chi connectivity index (χ1v) is 9.97. The lowest BCUT2D eigenvalue weighted by Gasteiger charge is -2.43. The molecule has 1 amide bonds. The Bertz CT molecular complexity index is 653. The molecule has 1 aromatic carbocycles. The molecule has 3 aliphatic rings. The minimum absolute atomic E-state index is 0.0832. The molecule has 0 aromatic heterocycles. The molecule has 1 aliphatic carbocycles. The molecule has 2 aliphatic heterocycles. The van der Waals surface area contributed by atoms with Crippen LogP contribution in [0.2, 0.25) is 0 Å². The standard InChI is InChI=1S/C21H29FN2O2/c22-18-4-1-3-16(11-18)12-20(26)23-9-7-21(8-10-23)15-24(13-17(21)14-25)19-5-2-6-19/h1,3-4,11,17,19,25H,2,5-10,12-15H2. The maximum Gasteiger partial charge on any atom is 0.226 e. The summed E-state index contributed by atoms with van der Waals surface area (Å²) in [4.78, 5) is 17.1. The molecule has 2 saturated heterocycles. The summed E-state index contributed by atoms with van der Waals surface area (Å²) in [5.74, 6) is 0.129. The predicted molar refractivity (Wildman–Crippen MR) is 98.1 cm³/mol. The van der Waals surface area contributed by atoms with Crippen LogP contribution in [0.3, 0.4) is 0 Å². The number of hydrogen-bond acceptors (Lipinski definition) is 3. The fraction of sp³-hybridized carbons (Fsp3) is 0.667. The van der Waals surface area contributed by atoms with Crippen LogP contribution in [0.1, 0.15) is 37.7 Å². The Morgan fingerprint density at radius 2 is 2.04 bits per heavy atom. The van der Waals surface area contributed by atoms with Crippen molar-refractivity contribution >= 4 is 5.91 Å². The van der Waals surface area contributed by atoms with Crippen molar-refractivity contribution in [2.24, 2.45) is 11.3 Å². The van der Waals surface area contributed by atoms with Gasteiger partial charge in [-0.25, -0.2) is 4.39 Å². The van der Waals surface area contributed by atoms with Crippen LogP contribution in [0, 0.1) is 17.2 Å². The number of nitrogens with zero attached hydrogens (tertiary/aromatic N) is 2. The van der Waals surface area contributed by atoms with Crippen molar-refractivity contribution in [3.05, 3.63) is 35.6 Å². The van der Waals surface area contributed by atoms with Gasteiger partial charge in [-0.3, -0.25) is 9.69 Å². The summed E-state index contributed by atoms with van der Waals surface area (Å²) in [6.45, 7) is 3.85. The minimum atomic E-state index is -0.291. The number of piperidine rings is 1. The Morgan fingerprint density at radius 3 is 2.65 bits per heavy atom. The number of carbonyl (C=O) groups excluding carboxylic acids is 1. The van der Waals surface area contributed by atoms with Gasteiger partial charge in [-0.05, 0) is 48.8 Å². The quantitative estimate of drug-likeness (QED) is 0.897. The van der Waals surface area contributed by atoms with Crippen LogP contribution in [-0.4, -0.2) is 59.6 Å². The zero-order valence-corrected chi connectivity index (χ0v) is 15.4. The van der Waals surface area contributed by atoms with E-state index in [0.29, 0.717) is 5.92 Å². The Morgan fingerprint density at radius 1 is 1.27 bits per heavy atom. The molecule has 1 saturated carbocycles. The van der Waals surface area contributed by atoms with E-state index in [2.05, 4.69) is 4.90 Å². The normalized spacial score (nSPS) is 26.2. The van der Waals surface area contributed by atoms with Crippen molar-refractivity contribution in [1.82, 2.24) is 9.80 Å². The van der Waals surface area contributed by atoms with Gasteiger partial charge >= 0.3 is 0 Å². The average molecular weight is 360 g/mol. The molecule has 1 atom stereocenters. The van der Waals surface area contributed by atoms with E-state index in [-0.39, 0.29) is 30.2 Å². The number of halogens is 1. The lowest BCUT2D eigenvalue weighted by atomic mass is 9.71. The largest absolute Gasteiger partial charge is 0.396 e.